The number of likely N-dealkylation sites (N-methyl/N-ethyl adjacent to an activating group) is 1. The van der Waals surface area contributed by atoms with E-state index in [-0.39, 0.29) is 5.91 Å². The molecule has 1 heterocycles. The van der Waals surface area contributed by atoms with Gasteiger partial charge in [-0.3, -0.25) is 4.79 Å². The van der Waals surface area contributed by atoms with Crippen molar-refractivity contribution >= 4 is 17.2 Å². The minimum Gasteiger partial charge on any atom is -0.350 e. The third kappa shape index (κ3) is 3.57. The van der Waals surface area contributed by atoms with Crippen molar-refractivity contribution in [3.8, 4) is 0 Å². The zero-order chi connectivity index (χ0) is 9.68. The van der Waals surface area contributed by atoms with Gasteiger partial charge < -0.3 is 10.6 Å². The molecule has 0 saturated heterocycles. The Morgan fingerprint density at radius 1 is 1.62 bits per heavy atom. The summed E-state index contributed by atoms with van der Waals surface area (Å²) in [6, 6.07) is 2.09. The predicted octanol–water partition coefficient (Wildman–Crippen LogP) is 0.892. The summed E-state index contributed by atoms with van der Waals surface area (Å²) in [6.07, 6.45) is 0. The lowest BCUT2D eigenvalue weighted by Crippen LogP contribution is -2.31. The lowest BCUT2D eigenvalue weighted by molar-refractivity contribution is -0.120. The van der Waals surface area contributed by atoms with Crippen molar-refractivity contribution in [2.24, 2.45) is 0 Å². The van der Waals surface area contributed by atoms with E-state index in [4.69, 9.17) is 0 Å². The second-order valence-electron chi connectivity index (χ2n) is 2.90. The molecule has 1 aromatic rings. The number of thiophene rings is 1. The first-order valence-electron chi connectivity index (χ1n) is 4.17. The highest BCUT2D eigenvalue weighted by atomic mass is 32.1. The molecule has 1 aromatic heterocycles. The SMILES string of the molecule is CNCC(=O)NCc1cc(C)cs1. The monoisotopic (exact) mass is 198 g/mol. The fraction of sp³-hybridized carbons (Fsp3) is 0.444. The molecular weight excluding hydrogens is 184 g/mol. The number of hydrogen-bond donors (Lipinski definition) is 2. The summed E-state index contributed by atoms with van der Waals surface area (Å²) >= 11 is 1.67. The number of hydrogen-bond acceptors (Lipinski definition) is 3. The van der Waals surface area contributed by atoms with Crippen molar-refractivity contribution in [2.45, 2.75) is 13.5 Å². The van der Waals surface area contributed by atoms with Crippen molar-refractivity contribution < 1.29 is 4.79 Å². The Labute approximate surface area is 82.2 Å². The second-order valence-corrected chi connectivity index (χ2v) is 3.89. The van der Waals surface area contributed by atoms with Crippen LogP contribution in [0.3, 0.4) is 0 Å². The molecular formula is C9H14N2OS. The van der Waals surface area contributed by atoms with E-state index in [2.05, 4.69) is 29.0 Å². The molecule has 0 atom stereocenters. The van der Waals surface area contributed by atoms with Gasteiger partial charge in [-0.1, -0.05) is 0 Å². The first-order valence-corrected chi connectivity index (χ1v) is 5.05. The average molecular weight is 198 g/mol. The van der Waals surface area contributed by atoms with E-state index < -0.39 is 0 Å². The third-order valence-corrected chi connectivity index (χ3v) is 2.64. The minimum absolute atomic E-state index is 0.0357. The van der Waals surface area contributed by atoms with Crippen LogP contribution >= 0.6 is 11.3 Å². The quantitative estimate of drug-likeness (QED) is 0.754. The van der Waals surface area contributed by atoms with Crippen LogP contribution in [0, 0.1) is 6.92 Å². The van der Waals surface area contributed by atoms with E-state index in [1.54, 1.807) is 18.4 Å². The van der Waals surface area contributed by atoms with Crippen LogP contribution in [-0.2, 0) is 11.3 Å². The van der Waals surface area contributed by atoms with E-state index in [0.29, 0.717) is 13.1 Å². The number of carbonyl (C=O) groups is 1. The minimum atomic E-state index is 0.0357. The van der Waals surface area contributed by atoms with E-state index in [1.165, 1.54) is 10.4 Å². The smallest absolute Gasteiger partial charge is 0.234 e. The molecule has 0 aliphatic rings. The Morgan fingerprint density at radius 3 is 2.92 bits per heavy atom. The summed E-state index contributed by atoms with van der Waals surface area (Å²) in [4.78, 5) is 12.3. The van der Waals surface area contributed by atoms with Gasteiger partial charge in [-0.25, -0.2) is 0 Å². The van der Waals surface area contributed by atoms with Gasteiger partial charge in [0, 0.05) is 4.88 Å². The van der Waals surface area contributed by atoms with Crippen LogP contribution in [0.4, 0.5) is 0 Å². The molecule has 0 fully saturated rings. The van der Waals surface area contributed by atoms with Crippen LogP contribution < -0.4 is 10.6 Å². The van der Waals surface area contributed by atoms with Gasteiger partial charge in [0.05, 0.1) is 13.1 Å². The van der Waals surface area contributed by atoms with Crippen molar-refractivity contribution in [2.75, 3.05) is 13.6 Å². The van der Waals surface area contributed by atoms with Gasteiger partial charge in [0.2, 0.25) is 5.91 Å². The van der Waals surface area contributed by atoms with Crippen molar-refractivity contribution in [3.63, 3.8) is 0 Å². The number of carbonyl (C=O) groups excluding carboxylic acids is 1. The fourth-order valence-corrected chi connectivity index (χ4v) is 1.81. The zero-order valence-corrected chi connectivity index (χ0v) is 8.70. The van der Waals surface area contributed by atoms with Gasteiger partial charge in [-0.05, 0) is 31.0 Å². The van der Waals surface area contributed by atoms with Crippen LogP contribution in [-0.4, -0.2) is 19.5 Å². The van der Waals surface area contributed by atoms with Gasteiger partial charge in [0.1, 0.15) is 0 Å². The molecule has 2 N–H and O–H groups in total. The predicted molar refractivity (Wildman–Crippen MR) is 54.8 cm³/mol. The third-order valence-electron chi connectivity index (χ3n) is 1.58. The molecule has 0 aliphatic carbocycles. The number of nitrogens with one attached hydrogen (secondary N) is 2. The Kier molecular flexibility index (Phi) is 3.92. The van der Waals surface area contributed by atoms with Gasteiger partial charge in [0.15, 0.2) is 0 Å². The molecule has 0 bridgehead atoms. The normalized spacial score (nSPS) is 10.0. The van der Waals surface area contributed by atoms with Crippen LogP contribution in [0.2, 0.25) is 0 Å². The Balaban J connectivity index is 2.30. The molecule has 1 amide bonds. The molecule has 0 radical (unpaired) electrons. The van der Waals surface area contributed by atoms with E-state index in [0.717, 1.165) is 0 Å². The van der Waals surface area contributed by atoms with Gasteiger partial charge in [-0.2, -0.15) is 0 Å². The largest absolute Gasteiger partial charge is 0.350 e. The van der Waals surface area contributed by atoms with E-state index in [9.17, 15) is 4.79 Å². The van der Waals surface area contributed by atoms with Gasteiger partial charge >= 0.3 is 0 Å². The fourth-order valence-electron chi connectivity index (χ4n) is 0.992. The molecule has 13 heavy (non-hydrogen) atoms. The number of amides is 1. The summed E-state index contributed by atoms with van der Waals surface area (Å²) in [5.74, 6) is 0.0357. The molecule has 0 saturated carbocycles. The Morgan fingerprint density at radius 2 is 2.38 bits per heavy atom. The maximum absolute atomic E-state index is 11.1. The van der Waals surface area contributed by atoms with E-state index >= 15 is 0 Å². The summed E-state index contributed by atoms with van der Waals surface area (Å²) in [7, 11) is 1.76. The van der Waals surface area contributed by atoms with Crippen molar-refractivity contribution in [1.29, 1.82) is 0 Å². The summed E-state index contributed by atoms with van der Waals surface area (Å²) in [6.45, 7) is 3.07. The standard InChI is InChI=1S/C9H14N2OS/c1-7-3-8(13-6-7)4-11-9(12)5-10-2/h3,6,10H,4-5H2,1-2H3,(H,11,12). The van der Waals surface area contributed by atoms with Crippen LogP contribution in [0.5, 0.6) is 0 Å². The zero-order valence-electron chi connectivity index (χ0n) is 7.89. The number of aryl methyl sites for hydroxylation is 1. The van der Waals surface area contributed by atoms with Crippen molar-refractivity contribution in [3.05, 3.63) is 21.9 Å². The first kappa shape index (κ1) is 10.2. The molecule has 0 aliphatic heterocycles. The topological polar surface area (TPSA) is 41.1 Å². The van der Waals surface area contributed by atoms with Crippen LogP contribution in [0.1, 0.15) is 10.4 Å². The molecule has 3 nitrogen and oxygen atoms in total. The molecule has 72 valence electrons. The van der Waals surface area contributed by atoms with Crippen LogP contribution in [0.15, 0.2) is 11.4 Å². The average Bonchev–Trinajstić information content (AvgIpc) is 2.49. The highest BCUT2D eigenvalue weighted by molar-refractivity contribution is 7.10. The molecule has 0 spiro atoms. The summed E-state index contributed by atoms with van der Waals surface area (Å²) in [5.41, 5.74) is 1.25. The Hall–Kier alpha value is -0.870. The lowest BCUT2D eigenvalue weighted by atomic mass is 10.3. The summed E-state index contributed by atoms with van der Waals surface area (Å²) < 4.78 is 0. The van der Waals surface area contributed by atoms with Crippen LogP contribution in [0.25, 0.3) is 0 Å². The maximum atomic E-state index is 11.1. The lowest BCUT2D eigenvalue weighted by Gasteiger charge is -2.01. The Bertz CT molecular complexity index is 283. The highest BCUT2D eigenvalue weighted by Crippen LogP contribution is 2.12. The van der Waals surface area contributed by atoms with E-state index in [1.807, 2.05) is 0 Å². The molecule has 0 unspecified atom stereocenters. The second kappa shape index (κ2) is 4.99. The maximum Gasteiger partial charge on any atom is 0.234 e. The number of rotatable bonds is 4. The molecule has 0 aromatic carbocycles. The van der Waals surface area contributed by atoms with Crippen molar-refractivity contribution in [1.82, 2.24) is 10.6 Å². The molecule has 4 heteroatoms. The summed E-state index contributed by atoms with van der Waals surface area (Å²) in [5, 5.41) is 7.71. The van der Waals surface area contributed by atoms with Gasteiger partial charge in [0.25, 0.3) is 0 Å². The highest BCUT2D eigenvalue weighted by Gasteiger charge is 2.00. The first-order chi connectivity index (χ1) is 6.22. The molecule has 1 rings (SSSR count). The van der Waals surface area contributed by atoms with Gasteiger partial charge in [-0.15, -0.1) is 11.3 Å².